The second-order valence-corrected chi connectivity index (χ2v) is 12.2. The third-order valence-electron chi connectivity index (χ3n) is 7.91. The quantitative estimate of drug-likeness (QED) is 0.0368. The number of hydrogen-bond donors (Lipinski definition) is 6. The van der Waals surface area contributed by atoms with Crippen molar-refractivity contribution < 1.29 is 20.4 Å². The van der Waals surface area contributed by atoms with Gasteiger partial charge in [0.15, 0.2) is 0 Å². The molecule has 0 rings (SSSR count). The molecule has 0 aliphatic carbocycles. The van der Waals surface area contributed by atoms with E-state index in [1.165, 1.54) is 141 Å². The van der Waals surface area contributed by atoms with E-state index in [0.29, 0.717) is 0 Å². The summed E-state index contributed by atoms with van der Waals surface area (Å²) in [5, 5.41) is 36.6. The van der Waals surface area contributed by atoms with Crippen molar-refractivity contribution >= 4 is 0 Å². The summed E-state index contributed by atoms with van der Waals surface area (Å²) in [6, 6.07) is -1.11. The summed E-state index contributed by atoms with van der Waals surface area (Å²) in [7, 11) is 0. The molecule has 0 aromatic rings. The minimum atomic E-state index is -0.720. The molecule has 0 aromatic carbocycles. The third kappa shape index (κ3) is 33.7. The lowest BCUT2D eigenvalue weighted by Crippen LogP contribution is -2.36. The molecule has 6 heteroatoms. The molecular formula is C36H74N2O4. The zero-order valence-corrected chi connectivity index (χ0v) is 27.9. The van der Waals surface area contributed by atoms with Crippen molar-refractivity contribution in [3.05, 3.63) is 24.3 Å². The fourth-order valence-electron chi connectivity index (χ4n) is 4.83. The molecule has 0 aliphatic heterocycles. The summed E-state index contributed by atoms with van der Waals surface area (Å²) in [6.07, 6.45) is 37.6. The van der Waals surface area contributed by atoms with Crippen molar-refractivity contribution in [2.24, 2.45) is 11.5 Å². The van der Waals surface area contributed by atoms with Crippen LogP contribution < -0.4 is 11.5 Å². The van der Waals surface area contributed by atoms with Crippen LogP contribution in [0.15, 0.2) is 24.3 Å². The smallest absolute Gasteiger partial charge is 0.0894 e. The first kappa shape index (κ1) is 43.4. The van der Waals surface area contributed by atoms with Crippen LogP contribution in [0.25, 0.3) is 0 Å². The van der Waals surface area contributed by atoms with Crippen LogP contribution in [-0.4, -0.2) is 57.9 Å². The van der Waals surface area contributed by atoms with Crippen molar-refractivity contribution in [3.8, 4) is 0 Å². The third-order valence-corrected chi connectivity index (χ3v) is 7.91. The number of aliphatic hydroxyl groups is 4. The van der Waals surface area contributed by atoms with Crippen LogP contribution >= 0.6 is 0 Å². The van der Waals surface area contributed by atoms with Crippen molar-refractivity contribution in [1.82, 2.24) is 0 Å². The largest absolute Gasteiger partial charge is 0.395 e. The van der Waals surface area contributed by atoms with E-state index in [-0.39, 0.29) is 13.2 Å². The van der Waals surface area contributed by atoms with Gasteiger partial charge in [-0.15, -0.1) is 0 Å². The summed E-state index contributed by atoms with van der Waals surface area (Å²) in [4.78, 5) is 0. The summed E-state index contributed by atoms with van der Waals surface area (Å²) < 4.78 is 0. The highest BCUT2D eigenvalue weighted by atomic mass is 16.3. The Morgan fingerprint density at radius 3 is 0.905 bits per heavy atom. The normalized spacial score (nSPS) is 14.7. The second-order valence-electron chi connectivity index (χ2n) is 12.2. The molecule has 0 bridgehead atoms. The lowest BCUT2D eigenvalue weighted by Gasteiger charge is -2.11. The molecule has 0 amide bonds. The highest BCUT2D eigenvalue weighted by Crippen LogP contribution is 2.13. The first-order chi connectivity index (χ1) is 20.4. The number of allylic oxidation sites excluding steroid dienone is 2. The number of unbranched alkanes of at least 4 members (excludes halogenated alkanes) is 22. The van der Waals surface area contributed by atoms with Gasteiger partial charge in [0.2, 0.25) is 0 Å². The molecule has 0 unspecified atom stereocenters. The number of aliphatic hydroxyl groups excluding tert-OH is 4. The lowest BCUT2D eigenvalue weighted by atomic mass is 10.0. The first-order valence-corrected chi connectivity index (χ1v) is 17.9. The average Bonchev–Trinajstić information content (AvgIpc) is 3.00. The molecule has 0 saturated carbocycles. The molecule has 0 radical (unpaired) electrons. The molecule has 252 valence electrons. The number of hydrogen-bond acceptors (Lipinski definition) is 6. The van der Waals surface area contributed by atoms with E-state index < -0.39 is 24.3 Å². The van der Waals surface area contributed by atoms with Gasteiger partial charge in [-0.1, -0.05) is 167 Å². The van der Waals surface area contributed by atoms with Crippen LogP contribution in [0, 0.1) is 0 Å². The maximum atomic E-state index is 9.52. The maximum absolute atomic E-state index is 9.52. The van der Waals surface area contributed by atoms with Gasteiger partial charge in [-0.25, -0.2) is 0 Å². The SMILES string of the molecule is CCCCCCCCCCCCC/C=C/[C@@H](O)[C@@H](N)CO.CCCCCCCCCCCCC/C=C/[C@@H](O)[C@@H](N)CO. The van der Waals surface area contributed by atoms with E-state index in [4.69, 9.17) is 21.7 Å². The summed E-state index contributed by atoms with van der Waals surface area (Å²) in [6.45, 7) is 4.17. The molecule has 0 fully saturated rings. The Morgan fingerprint density at radius 1 is 0.429 bits per heavy atom. The molecule has 0 saturated heterocycles. The average molecular weight is 599 g/mol. The van der Waals surface area contributed by atoms with Gasteiger partial charge in [-0.3, -0.25) is 0 Å². The molecular weight excluding hydrogens is 524 g/mol. The van der Waals surface area contributed by atoms with Crippen molar-refractivity contribution in [2.75, 3.05) is 13.2 Å². The van der Waals surface area contributed by atoms with E-state index >= 15 is 0 Å². The van der Waals surface area contributed by atoms with E-state index in [1.54, 1.807) is 12.2 Å². The highest BCUT2D eigenvalue weighted by Gasteiger charge is 2.09. The molecule has 8 N–H and O–H groups in total. The van der Waals surface area contributed by atoms with Crippen molar-refractivity contribution in [1.29, 1.82) is 0 Å². The molecule has 0 aromatic heterocycles. The highest BCUT2D eigenvalue weighted by molar-refractivity contribution is 4.94. The van der Waals surface area contributed by atoms with E-state index in [9.17, 15) is 10.2 Å². The standard InChI is InChI=1S/2C18H37NO2/c2*1-2-3-4-5-6-7-8-9-10-11-12-13-14-15-18(21)17(19)16-20/h2*14-15,17-18,20-21H,2-13,16,19H2,1H3/b2*15-14+/t2*17-,18+/m00/s1. The van der Waals surface area contributed by atoms with Gasteiger partial charge in [0.05, 0.1) is 37.5 Å². The predicted octanol–water partition coefficient (Wildman–Crippen LogP) is 7.85. The van der Waals surface area contributed by atoms with Gasteiger partial charge in [0.25, 0.3) is 0 Å². The molecule has 6 nitrogen and oxygen atoms in total. The van der Waals surface area contributed by atoms with Crippen LogP contribution in [0.5, 0.6) is 0 Å². The van der Waals surface area contributed by atoms with Crippen LogP contribution in [0.2, 0.25) is 0 Å². The van der Waals surface area contributed by atoms with E-state index in [1.807, 2.05) is 12.2 Å². The van der Waals surface area contributed by atoms with Crippen molar-refractivity contribution in [2.45, 2.75) is 192 Å². The predicted molar refractivity (Wildman–Crippen MR) is 183 cm³/mol. The second kappa shape index (κ2) is 36.4. The van der Waals surface area contributed by atoms with Gasteiger partial charge in [-0.05, 0) is 25.7 Å². The molecule has 0 aliphatic rings. The van der Waals surface area contributed by atoms with Crippen LogP contribution in [-0.2, 0) is 0 Å². The first-order valence-electron chi connectivity index (χ1n) is 17.9. The van der Waals surface area contributed by atoms with Crippen LogP contribution in [0.3, 0.4) is 0 Å². The van der Waals surface area contributed by atoms with Gasteiger partial charge in [0.1, 0.15) is 0 Å². The van der Waals surface area contributed by atoms with E-state index in [2.05, 4.69) is 13.8 Å². The van der Waals surface area contributed by atoms with Gasteiger partial charge >= 0.3 is 0 Å². The molecule has 0 heterocycles. The Hall–Kier alpha value is -0.760. The zero-order valence-electron chi connectivity index (χ0n) is 27.9. The van der Waals surface area contributed by atoms with Crippen LogP contribution in [0.4, 0.5) is 0 Å². The molecule has 42 heavy (non-hydrogen) atoms. The Kier molecular flexibility index (Phi) is 37.6. The van der Waals surface area contributed by atoms with E-state index in [0.717, 1.165) is 12.8 Å². The Balaban J connectivity index is 0. The monoisotopic (exact) mass is 599 g/mol. The topological polar surface area (TPSA) is 133 Å². The summed E-state index contributed by atoms with van der Waals surface area (Å²) in [5.41, 5.74) is 11.0. The summed E-state index contributed by atoms with van der Waals surface area (Å²) in [5.74, 6) is 0. The Bertz CT molecular complexity index is 511. The summed E-state index contributed by atoms with van der Waals surface area (Å²) >= 11 is 0. The van der Waals surface area contributed by atoms with Gasteiger partial charge < -0.3 is 31.9 Å². The number of nitrogens with two attached hydrogens (primary N) is 2. The zero-order chi connectivity index (χ0) is 31.5. The lowest BCUT2D eigenvalue weighted by molar-refractivity contribution is 0.143. The van der Waals surface area contributed by atoms with Crippen LogP contribution in [0.1, 0.15) is 168 Å². The molecule has 0 spiro atoms. The minimum absolute atomic E-state index is 0.177. The maximum Gasteiger partial charge on any atom is 0.0894 e. The fraction of sp³-hybridized carbons (Fsp3) is 0.889. The van der Waals surface area contributed by atoms with Gasteiger partial charge in [-0.2, -0.15) is 0 Å². The fourth-order valence-corrected chi connectivity index (χ4v) is 4.83. The molecule has 4 atom stereocenters. The van der Waals surface area contributed by atoms with Crippen molar-refractivity contribution in [3.63, 3.8) is 0 Å². The number of rotatable bonds is 30. The minimum Gasteiger partial charge on any atom is -0.395 e. The Morgan fingerprint density at radius 2 is 0.667 bits per heavy atom. The Labute approximate surface area is 261 Å². The van der Waals surface area contributed by atoms with Gasteiger partial charge in [0, 0.05) is 0 Å².